The lowest BCUT2D eigenvalue weighted by Gasteiger charge is -2.34. The Balaban J connectivity index is 1.66. The molecule has 6 rings (SSSR count). The predicted molar refractivity (Wildman–Crippen MR) is 131 cm³/mol. The van der Waals surface area contributed by atoms with Crippen molar-refractivity contribution in [3.63, 3.8) is 0 Å². The van der Waals surface area contributed by atoms with Crippen LogP contribution in [0.15, 0.2) is 102 Å². The fraction of sp³-hybridized carbons (Fsp3) is 0.0714. The monoisotopic (exact) mass is 481 g/mol. The second kappa shape index (κ2) is 7.65. The smallest absolute Gasteiger partial charge is 0.264 e. The minimum atomic E-state index is -4.09. The van der Waals surface area contributed by atoms with Crippen molar-refractivity contribution in [2.75, 3.05) is 0 Å². The first-order valence-electron chi connectivity index (χ1n) is 11.1. The van der Waals surface area contributed by atoms with E-state index in [-0.39, 0.29) is 16.2 Å². The topological polar surface area (TPSA) is 91.8 Å². The minimum absolute atomic E-state index is 0.0696. The van der Waals surface area contributed by atoms with Crippen LogP contribution < -0.4 is 0 Å². The van der Waals surface area contributed by atoms with Gasteiger partial charge in [-0.3, -0.25) is 13.9 Å². The highest BCUT2D eigenvalue weighted by molar-refractivity contribution is 7.89. The van der Waals surface area contributed by atoms with Gasteiger partial charge in [0.25, 0.3) is 10.0 Å². The SMILES string of the molecule is O=C1C(=O)C2C(c3ccccc3)=CN(S(=O)(=O)c3ccccc3)C2c2cc3ccccc3c(O)c21. The Hall–Kier alpha value is -4.23. The second-order valence-corrected chi connectivity index (χ2v) is 10.5. The summed E-state index contributed by atoms with van der Waals surface area (Å²) in [4.78, 5) is 26.9. The van der Waals surface area contributed by atoms with E-state index in [0.717, 1.165) is 0 Å². The van der Waals surface area contributed by atoms with Gasteiger partial charge in [-0.25, -0.2) is 8.42 Å². The number of benzene rings is 4. The van der Waals surface area contributed by atoms with Gasteiger partial charge in [-0.15, -0.1) is 0 Å². The molecule has 2 unspecified atom stereocenters. The summed E-state index contributed by atoms with van der Waals surface area (Å²) in [6.07, 6.45) is 1.46. The predicted octanol–water partition coefficient (Wildman–Crippen LogP) is 4.71. The molecule has 2 aliphatic rings. The van der Waals surface area contributed by atoms with Gasteiger partial charge in [0, 0.05) is 11.6 Å². The van der Waals surface area contributed by atoms with Crippen molar-refractivity contribution in [1.82, 2.24) is 4.31 Å². The number of sulfonamides is 1. The quantitative estimate of drug-likeness (QED) is 0.428. The van der Waals surface area contributed by atoms with E-state index in [4.69, 9.17) is 0 Å². The number of Topliss-reactive ketones (excluding diaryl/α,β-unsaturated/α-hetero) is 2. The Kier molecular flexibility index (Phi) is 4.66. The van der Waals surface area contributed by atoms with Crippen LogP contribution in [0.5, 0.6) is 5.75 Å². The molecule has 4 aromatic carbocycles. The van der Waals surface area contributed by atoms with E-state index >= 15 is 0 Å². The molecule has 1 aliphatic carbocycles. The molecule has 0 bridgehead atoms. The van der Waals surface area contributed by atoms with Crippen molar-refractivity contribution < 1.29 is 23.1 Å². The van der Waals surface area contributed by atoms with Gasteiger partial charge in [0.15, 0.2) is 0 Å². The normalized spacial score (nSPS) is 19.4. The number of hydrogen-bond acceptors (Lipinski definition) is 5. The Bertz CT molecular complexity index is 1660. The number of rotatable bonds is 3. The fourth-order valence-corrected chi connectivity index (χ4v) is 6.65. The summed E-state index contributed by atoms with van der Waals surface area (Å²) >= 11 is 0. The molecule has 0 saturated heterocycles. The van der Waals surface area contributed by atoms with Gasteiger partial charge < -0.3 is 5.11 Å². The summed E-state index contributed by atoms with van der Waals surface area (Å²) in [5.74, 6) is -2.89. The molecule has 0 fully saturated rings. The van der Waals surface area contributed by atoms with Crippen LogP contribution in [-0.4, -0.2) is 29.4 Å². The fourth-order valence-electron chi connectivity index (χ4n) is 5.12. The Morgan fingerprint density at radius 1 is 0.800 bits per heavy atom. The van der Waals surface area contributed by atoms with Crippen LogP contribution in [0.3, 0.4) is 0 Å². The lowest BCUT2D eigenvalue weighted by Crippen LogP contribution is -2.40. The molecule has 0 aromatic heterocycles. The maximum atomic E-state index is 13.8. The number of nitrogens with zero attached hydrogens (tertiary/aromatic N) is 1. The first-order valence-corrected chi connectivity index (χ1v) is 12.5. The summed E-state index contributed by atoms with van der Waals surface area (Å²) in [5.41, 5.74) is 1.29. The highest BCUT2D eigenvalue weighted by Gasteiger charge is 2.53. The Morgan fingerprint density at radius 2 is 1.43 bits per heavy atom. The van der Waals surface area contributed by atoms with Gasteiger partial charge >= 0.3 is 0 Å². The van der Waals surface area contributed by atoms with Gasteiger partial charge in [-0.05, 0) is 40.3 Å². The first-order chi connectivity index (χ1) is 16.9. The van der Waals surface area contributed by atoms with Gasteiger partial charge in [0.05, 0.1) is 22.4 Å². The number of carbonyl (C=O) groups excluding carboxylic acids is 2. The van der Waals surface area contributed by atoms with E-state index in [1.165, 1.54) is 22.6 Å². The molecular weight excluding hydrogens is 462 g/mol. The molecule has 2 atom stereocenters. The standard InChI is InChI=1S/C28H19NO5S/c30-26-20-14-8-7-11-18(20)15-21-24(26)28(32)27(31)23-22(17-9-3-1-4-10-17)16-29(25(21)23)35(33,34)19-12-5-2-6-13-19/h1-16,23,25,30H. The molecule has 1 N–H and O–H groups in total. The Morgan fingerprint density at radius 3 is 2.14 bits per heavy atom. The van der Waals surface area contributed by atoms with E-state index in [0.29, 0.717) is 27.5 Å². The molecule has 0 radical (unpaired) electrons. The van der Waals surface area contributed by atoms with Crippen molar-refractivity contribution in [1.29, 1.82) is 0 Å². The van der Waals surface area contributed by atoms with Crippen molar-refractivity contribution in [2.45, 2.75) is 10.9 Å². The lowest BCUT2D eigenvalue weighted by molar-refractivity contribution is -0.118. The molecule has 7 heteroatoms. The number of phenolic OH excluding ortho intramolecular Hbond substituents is 1. The van der Waals surface area contributed by atoms with E-state index in [9.17, 15) is 23.1 Å². The van der Waals surface area contributed by atoms with Crippen molar-refractivity contribution >= 4 is 37.9 Å². The number of fused-ring (bicyclic) bond motifs is 4. The first kappa shape index (κ1) is 21.3. The van der Waals surface area contributed by atoms with E-state index in [1.54, 1.807) is 72.8 Å². The molecule has 4 aromatic rings. The maximum absolute atomic E-state index is 13.8. The zero-order valence-electron chi connectivity index (χ0n) is 18.3. The molecule has 172 valence electrons. The maximum Gasteiger partial charge on any atom is 0.264 e. The third-order valence-electron chi connectivity index (χ3n) is 6.72. The van der Waals surface area contributed by atoms with Crippen molar-refractivity contribution in [3.8, 4) is 5.75 Å². The molecule has 6 nitrogen and oxygen atoms in total. The van der Waals surface area contributed by atoms with Crippen LogP contribution in [0.2, 0.25) is 0 Å². The molecule has 0 amide bonds. The van der Waals surface area contributed by atoms with Gasteiger partial charge in [-0.2, -0.15) is 0 Å². The van der Waals surface area contributed by atoms with Gasteiger partial charge in [0.1, 0.15) is 5.75 Å². The Labute approximate surface area is 201 Å². The summed E-state index contributed by atoms with van der Waals surface area (Å²) in [5, 5.41) is 12.1. The third kappa shape index (κ3) is 3.05. The summed E-state index contributed by atoms with van der Waals surface area (Å²) < 4.78 is 28.8. The van der Waals surface area contributed by atoms with Crippen molar-refractivity contribution in [3.05, 3.63) is 114 Å². The lowest BCUT2D eigenvalue weighted by atomic mass is 9.74. The highest BCUT2D eigenvalue weighted by atomic mass is 32.2. The number of phenols is 1. The largest absolute Gasteiger partial charge is 0.507 e. The van der Waals surface area contributed by atoms with Gasteiger partial charge in [0.2, 0.25) is 11.6 Å². The minimum Gasteiger partial charge on any atom is -0.507 e. The third-order valence-corrected chi connectivity index (χ3v) is 8.48. The van der Waals surface area contributed by atoms with Crippen LogP contribution in [0.4, 0.5) is 0 Å². The van der Waals surface area contributed by atoms with E-state index < -0.39 is 33.5 Å². The van der Waals surface area contributed by atoms with Crippen molar-refractivity contribution in [2.24, 2.45) is 5.92 Å². The van der Waals surface area contributed by atoms with E-state index in [2.05, 4.69) is 0 Å². The summed E-state index contributed by atoms with van der Waals surface area (Å²) in [6, 6.07) is 24.6. The zero-order valence-corrected chi connectivity index (χ0v) is 19.1. The number of hydrogen-bond donors (Lipinski definition) is 1. The zero-order chi connectivity index (χ0) is 24.3. The molecule has 35 heavy (non-hydrogen) atoms. The highest BCUT2D eigenvalue weighted by Crippen LogP contribution is 2.53. The molecule has 1 aliphatic heterocycles. The second-order valence-electron chi connectivity index (χ2n) is 8.62. The molecular formula is C28H19NO5S. The summed E-state index contributed by atoms with van der Waals surface area (Å²) in [7, 11) is -4.09. The van der Waals surface area contributed by atoms with Crippen LogP contribution in [0, 0.1) is 5.92 Å². The number of ketones is 2. The molecule has 0 spiro atoms. The van der Waals surface area contributed by atoms with Crippen LogP contribution >= 0.6 is 0 Å². The van der Waals surface area contributed by atoms with E-state index in [1.807, 2.05) is 6.07 Å². The average Bonchev–Trinajstić information content (AvgIpc) is 3.30. The number of carbonyl (C=O) groups is 2. The van der Waals surface area contributed by atoms with Crippen LogP contribution in [0.25, 0.3) is 16.3 Å². The molecule has 0 saturated carbocycles. The van der Waals surface area contributed by atoms with Gasteiger partial charge in [-0.1, -0.05) is 72.8 Å². The number of aromatic hydroxyl groups is 1. The van der Waals surface area contributed by atoms with Crippen LogP contribution in [-0.2, 0) is 14.8 Å². The molecule has 1 heterocycles. The summed E-state index contributed by atoms with van der Waals surface area (Å²) in [6.45, 7) is 0. The van der Waals surface area contributed by atoms with Crippen LogP contribution in [0.1, 0.15) is 27.5 Å². The average molecular weight is 482 g/mol.